The molecule has 0 fully saturated rings. The molecule has 196 valence electrons. The number of sulfonamides is 1. The molecule has 0 aliphatic carbocycles. The van der Waals surface area contributed by atoms with E-state index in [9.17, 15) is 17.6 Å². The van der Waals surface area contributed by atoms with Crippen LogP contribution in [0.5, 0.6) is 0 Å². The highest BCUT2D eigenvalue weighted by molar-refractivity contribution is 7.99. The van der Waals surface area contributed by atoms with Gasteiger partial charge in [0.2, 0.25) is 15.9 Å². The standard InChI is InChI=1S/C27H26FN5O3S2/c1-18-15-19-7-4-5-10-24(19)32(18)25(34)17-37-27-30-29-26(33(27)22-13-11-21(28)12-14-22)20-8-6-9-23(16-20)38(35,36)31(2)3/h4-14,16,18H,15,17H2,1-3H3/t18-/m1/s1. The first-order valence-corrected chi connectivity index (χ1v) is 14.4. The molecular formula is C27H26FN5O3S2. The number of fused-ring (bicyclic) bond motifs is 1. The lowest BCUT2D eigenvalue weighted by atomic mass is 10.1. The van der Waals surface area contributed by atoms with E-state index in [0.29, 0.717) is 22.2 Å². The minimum Gasteiger partial charge on any atom is -0.308 e. The van der Waals surface area contributed by atoms with Crippen LogP contribution in [0.1, 0.15) is 12.5 Å². The van der Waals surface area contributed by atoms with Crippen LogP contribution < -0.4 is 4.90 Å². The van der Waals surface area contributed by atoms with Gasteiger partial charge >= 0.3 is 0 Å². The van der Waals surface area contributed by atoms with Crippen LogP contribution in [-0.4, -0.2) is 59.3 Å². The summed E-state index contributed by atoms with van der Waals surface area (Å²) >= 11 is 1.23. The summed E-state index contributed by atoms with van der Waals surface area (Å²) in [5, 5.41) is 9.11. The van der Waals surface area contributed by atoms with Crippen molar-refractivity contribution in [2.75, 3.05) is 24.7 Å². The maximum Gasteiger partial charge on any atom is 0.242 e. The maximum absolute atomic E-state index is 13.7. The van der Waals surface area contributed by atoms with E-state index >= 15 is 0 Å². The molecule has 1 aromatic heterocycles. The van der Waals surface area contributed by atoms with Crippen molar-refractivity contribution in [3.63, 3.8) is 0 Å². The van der Waals surface area contributed by atoms with Crippen LogP contribution in [-0.2, 0) is 21.2 Å². The van der Waals surface area contributed by atoms with Gasteiger partial charge in [-0.3, -0.25) is 9.36 Å². The number of carbonyl (C=O) groups is 1. The predicted molar refractivity (Wildman–Crippen MR) is 145 cm³/mol. The lowest BCUT2D eigenvalue weighted by molar-refractivity contribution is -0.116. The summed E-state index contributed by atoms with van der Waals surface area (Å²) in [4.78, 5) is 15.2. The lowest BCUT2D eigenvalue weighted by Crippen LogP contribution is -2.37. The van der Waals surface area contributed by atoms with E-state index < -0.39 is 15.8 Å². The molecular weight excluding hydrogens is 525 g/mol. The number of amides is 1. The van der Waals surface area contributed by atoms with E-state index in [1.165, 1.54) is 50.1 Å². The first-order chi connectivity index (χ1) is 18.2. The number of aromatic nitrogens is 3. The van der Waals surface area contributed by atoms with Crippen molar-refractivity contribution in [1.82, 2.24) is 19.1 Å². The highest BCUT2D eigenvalue weighted by Crippen LogP contribution is 2.34. The topological polar surface area (TPSA) is 88.4 Å². The van der Waals surface area contributed by atoms with Gasteiger partial charge in [0, 0.05) is 37.1 Å². The molecule has 0 bridgehead atoms. The Balaban J connectivity index is 1.50. The Bertz CT molecular complexity index is 1600. The molecule has 0 radical (unpaired) electrons. The lowest BCUT2D eigenvalue weighted by Gasteiger charge is -2.22. The summed E-state index contributed by atoms with van der Waals surface area (Å²) in [5.41, 5.74) is 3.17. The van der Waals surface area contributed by atoms with E-state index in [0.717, 1.165) is 22.0 Å². The van der Waals surface area contributed by atoms with Crippen molar-refractivity contribution >= 4 is 33.4 Å². The Morgan fingerprint density at radius 2 is 1.79 bits per heavy atom. The number of rotatable bonds is 7. The summed E-state index contributed by atoms with van der Waals surface area (Å²) in [6.07, 6.45) is 0.800. The average molecular weight is 552 g/mol. The number of hydrogen-bond acceptors (Lipinski definition) is 6. The van der Waals surface area contributed by atoms with Crippen LogP contribution in [0.3, 0.4) is 0 Å². The van der Waals surface area contributed by atoms with Gasteiger partial charge in [-0.25, -0.2) is 17.1 Å². The monoisotopic (exact) mass is 551 g/mol. The molecule has 1 aliphatic rings. The highest BCUT2D eigenvalue weighted by Gasteiger charge is 2.31. The Morgan fingerprint density at radius 1 is 1.05 bits per heavy atom. The van der Waals surface area contributed by atoms with E-state index in [1.54, 1.807) is 28.8 Å². The van der Waals surface area contributed by atoms with Crippen LogP contribution in [0.2, 0.25) is 0 Å². The molecule has 8 nitrogen and oxygen atoms in total. The number of anilines is 1. The van der Waals surface area contributed by atoms with Gasteiger partial charge in [-0.05, 0) is 61.4 Å². The Morgan fingerprint density at radius 3 is 2.53 bits per heavy atom. The van der Waals surface area contributed by atoms with Crippen molar-refractivity contribution < 1.29 is 17.6 Å². The third kappa shape index (κ3) is 4.84. The zero-order chi connectivity index (χ0) is 27.0. The molecule has 0 N–H and O–H groups in total. The van der Waals surface area contributed by atoms with Gasteiger partial charge in [0.1, 0.15) is 5.82 Å². The summed E-state index contributed by atoms with van der Waals surface area (Å²) < 4.78 is 42.0. The van der Waals surface area contributed by atoms with E-state index in [-0.39, 0.29) is 22.6 Å². The Labute approximate surface area is 225 Å². The number of hydrogen-bond donors (Lipinski definition) is 0. The van der Waals surface area contributed by atoms with Crippen LogP contribution in [0.15, 0.2) is 82.8 Å². The van der Waals surface area contributed by atoms with E-state index in [2.05, 4.69) is 10.2 Å². The van der Waals surface area contributed by atoms with Gasteiger partial charge in [-0.2, -0.15) is 0 Å². The third-order valence-corrected chi connectivity index (χ3v) is 9.11. The van der Waals surface area contributed by atoms with Crippen LogP contribution in [0.4, 0.5) is 10.1 Å². The van der Waals surface area contributed by atoms with Crippen LogP contribution >= 0.6 is 11.8 Å². The molecule has 1 amide bonds. The summed E-state index contributed by atoms with van der Waals surface area (Å²) in [6, 6.07) is 20.2. The quantitative estimate of drug-likeness (QED) is 0.317. The minimum absolute atomic E-state index is 0.0485. The average Bonchev–Trinajstić information content (AvgIpc) is 3.48. The number of halogens is 1. The van der Waals surface area contributed by atoms with Crippen molar-refractivity contribution in [2.24, 2.45) is 0 Å². The van der Waals surface area contributed by atoms with Crippen molar-refractivity contribution in [3.05, 3.63) is 84.2 Å². The van der Waals surface area contributed by atoms with Crippen molar-refractivity contribution in [3.8, 4) is 17.1 Å². The second kappa shape index (κ2) is 10.3. The number of carbonyl (C=O) groups excluding carboxylic acids is 1. The van der Waals surface area contributed by atoms with E-state index in [1.807, 2.05) is 36.1 Å². The molecule has 0 saturated heterocycles. The molecule has 3 aromatic carbocycles. The summed E-state index contributed by atoms with van der Waals surface area (Å²) in [7, 11) is -0.740. The van der Waals surface area contributed by atoms with Gasteiger partial charge in [0.05, 0.1) is 10.6 Å². The molecule has 1 aliphatic heterocycles. The minimum atomic E-state index is -3.67. The smallest absolute Gasteiger partial charge is 0.242 e. The van der Waals surface area contributed by atoms with Gasteiger partial charge < -0.3 is 4.90 Å². The molecule has 0 spiro atoms. The normalized spacial score (nSPS) is 15.2. The molecule has 1 atom stereocenters. The fourth-order valence-electron chi connectivity index (χ4n) is 4.52. The predicted octanol–water partition coefficient (Wildman–Crippen LogP) is 4.39. The first-order valence-electron chi connectivity index (χ1n) is 11.9. The van der Waals surface area contributed by atoms with E-state index in [4.69, 9.17) is 0 Å². The van der Waals surface area contributed by atoms with Gasteiger partial charge in [0.15, 0.2) is 11.0 Å². The fourth-order valence-corrected chi connectivity index (χ4v) is 6.28. The summed E-state index contributed by atoms with van der Waals surface area (Å²) in [6.45, 7) is 2.02. The maximum atomic E-state index is 13.7. The number of para-hydroxylation sites is 1. The molecule has 38 heavy (non-hydrogen) atoms. The van der Waals surface area contributed by atoms with Gasteiger partial charge in [-0.1, -0.05) is 42.1 Å². The number of thioether (sulfide) groups is 1. The Kier molecular flexibility index (Phi) is 7.08. The number of nitrogens with zero attached hydrogens (tertiary/aromatic N) is 5. The second-order valence-corrected chi connectivity index (χ2v) is 12.3. The molecule has 0 unspecified atom stereocenters. The fraction of sp³-hybridized carbons (Fsp3) is 0.222. The molecule has 0 saturated carbocycles. The first kappa shape index (κ1) is 26.1. The molecule has 4 aromatic rings. The van der Waals surface area contributed by atoms with Gasteiger partial charge in [0.25, 0.3) is 0 Å². The zero-order valence-corrected chi connectivity index (χ0v) is 22.7. The van der Waals surface area contributed by atoms with Crippen molar-refractivity contribution in [2.45, 2.75) is 29.4 Å². The summed E-state index contributed by atoms with van der Waals surface area (Å²) in [5.74, 6) is 0.0463. The SMILES string of the molecule is C[C@@H]1Cc2ccccc2N1C(=O)CSc1nnc(-c2cccc(S(=O)(=O)N(C)C)c2)n1-c1ccc(F)cc1. The largest absolute Gasteiger partial charge is 0.308 e. The van der Waals surface area contributed by atoms with Crippen LogP contribution in [0, 0.1) is 5.82 Å². The molecule has 5 rings (SSSR count). The zero-order valence-electron chi connectivity index (χ0n) is 21.1. The van der Waals surface area contributed by atoms with Crippen LogP contribution in [0.25, 0.3) is 17.1 Å². The number of benzene rings is 3. The van der Waals surface area contributed by atoms with Crippen molar-refractivity contribution in [1.29, 1.82) is 0 Å². The molecule has 11 heteroatoms. The molecule has 2 heterocycles. The van der Waals surface area contributed by atoms with Gasteiger partial charge in [-0.15, -0.1) is 10.2 Å². The third-order valence-electron chi connectivity index (χ3n) is 6.39. The highest BCUT2D eigenvalue weighted by atomic mass is 32.2. The second-order valence-electron chi connectivity index (χ2n) is 9.17. The Hall–Kier alpha value is -3.54.